The van der Waals surface area contributed by atoms with Crippen LogP contribution >= 0.6 is 15.9 Å². The molecule has 0 aliphatic heterocycles. The fraction of sp³-hybridized carbons (Fsp3) is 0.0769. The molecule has 0 saturated heterocycles. The first-order valence-electron chi connectivity index (χ1n) is 5.02. The van der Waals surface area contributed by atoms with E-state index >= 15 is 0 Å². The number of para-hydroxylation sites is 2. The topological polar surface area (TPSA) is 32.3 Å². The van der Waals surface area contributed by atoms with Gasteiger partial charge in [0.05, 0.1) is 5.69 Å². The molecular weight excluding hydrogens is 266 g/mol. The number of halogens is 1. The molecule has 0 spiro atoms. The fourth-order valence-corrected chi connectivity index (χ4v) is 1.69. The highest BCUT2D eigenvalue weighted by Gasteiger charge is 1.98. The van der Waals surface area contributed by atoms with Gasteiger partial charge in [0.1, 0.15) is 5.75 Å². The lowest BCUT2D eigenvalue weighted by atomic mass is 10.2. The minimum atomic E-state index is 0.277. The first-order chi connectivity index (χ1) is 7.75. The summed E-state index contributed by atoms with van der Waals surface area (Å²) in [4.78, 5) is 0. The van der Waals surface area contributed by atoms with Crippen molar-refractivity contribution in [2.75, 3.05) is 5.32 Å². The number of phenolic OH excluding ortho intramolecular Hbond substituents is 1. The molecule has 0 bridgehead atoms. The maximum Gasteiger partial charge on any atom is 0.138 e. The summed E-state index contributed by atoms with van der Waals surface area (Å²) in [6, 6.07) is 15.3. The second-order valence-corrected chi connectivity index (χ2v) is 4.41. The van der Waals surface area contributed by atoms with Crippen molar-refractivity contribution in [1.82, 2.24) is 0 Å². The monoisotopic (exact) mass is 277 g/mol. The molecular formula is C13H12BrNO. The van der Waals surface area contributed by atoms with Crippen molar-refractivity contribution in [1.29, 1.82) is 0 Å². The number of rotatable bonds is 3. The number of phenols is 1. The van der Waals surface area contributed by atoms with E-state index in [1.807, 2.05) is 36.4 Å². The van der Waals surface area contributed by atoms with Gasteiger partial charge in [-0.2, -0.15) is 0 Å². The van der Waals surface area contributed by atoms with Gasteiger partial charge >= 0.3 is 0 Å². The largest absolute Gasteiger partial charge is 0.506 e. The molecule has 0 radical (unpaired) electrons. The average Bonchev–Trinajstić information content (AvgIpc) is 2.30. The summed E-state index contributed by atoms with van der Waals surface area (Å²) in [6.45, 7) is 0.699. The van der Waals surface area contributed by atoms with E-state index in [1.165, 1.54) is 5.56 Å². The predicted molar refractivity (Wildman–Crippen MR) is 69.6 cm³/mol. The highest BCUT2D eigenvalue weighted by molar-refractivity contribution is 9.10. The Bertz CT molecular complexity index is 468. The highest BCUT2D eigenvalue weighted by atomic mass is 79.9. The molecule has 0 unspecified atom stereocenters. The number of aromatic hydroxyl groups is 1. The SMILES string of the molecule is Oc1ccccc1NCc1ccc(Br)cc1. The lowest BCUT2D eigenvalue weighted by molar-refractivity contribution is 0.477. The zero-order valence-corrected chi connectivity index (χ0v) is 10.2. The molecule has 16 heavy (non-hydrogen) atoms. The van der Waals surface area contributed by atoms with Crippen LogP contribution < -0.4 is 5.32 Å². The number of hydrogen-bond acceptors (Lipinski definition) is 2. The van der Waals surface area contributed by atoms with Gasteiger partial charge in [-0.05, 0) is 29.8 Å². The third kappa shape index (κ3) is 2.76. The molecule has 0 fully saturated rings. The van der Waals surface area contributed by atoms with Gasteiger partial charge in [0.25, 0.3) is 0 Å². The van der Waals surface area contributed by atoms with Crippen molar-refractivity contribution >= 4 is 21.6 Å². The lowest BCUT2D eigenvalue weighted by Crippen LogP contribution is -1.98. The quantitative estimate of drug-likeness (QED) is 0.838. The van der Waals surface area contributed by atoms with Gasteiger partial charge in [-0.25, -0.2) is 0 Å². The Labute approximate surface area is 103 Å². The molecule has 0 aromatic heterocycles. The summed E-state index contributed by atoms with van der Waals surface area (Å²) < 4.78 is 1.07. The van der Waals surface area contributed by atoms with Crippen molar-refractivity contribution in [3.63, 3.8) is 0 Å². The second-order valence-electron chi connectivity index (χ2n) is 3.50. The highest BCUT2D eigenvalue weighted by Crippen LogP contribution is 2.22. The molecule has 82 valence electrons. The maximum absolute atomic E-state index is 9.56. The van der Waals surface area contributed by atoms with Crippen LogP contribution in [0.4, 0.5) is 5.69 Å². The van der Waals surface area contributed by atoms with Crippen LogP contribution in [0.5, 0.6) is 5.75 Å². The predicted octanol–water partition coefficient (Wildman–Crippen LogP) is 3.77. The van der Waals surface area contributed by atoms with Crippen LogP contribution in [0.3, 0.4) is 0 Å². The van der Waals surface area contributed by atoms with Gasteiger partial charge in [0, 0.05) is 11.0 Å². The molecule has 3 heteroatoms. The molecule has 0 aliphatic carbocycles. The molecule has 0 atom stereocenters. The normalized spacial score (nSPS) is 10.1. The van der Waals surface area contributed by atoms with E-state index in [0.717, 1.165) is 10.2 Å². The third-order valence-electron chi connectivity index (χ3n) is 2.30. The van der Waals surface area contributed by atoms with E-state index in [9.17, 15) is 5.11 Å². The van der Waals surface area contributed by atoms with Gasteiger partial charge in [0.2, 0.25) is 0 Å². The lowest BCUT2D eigenvalue weighted by Gasteiger charge is -2.08. The second kappa shape index (κ2) is 5.03. The van der Waals surface area contributed by atoms with Gasteiger partial charge in [-0.3, -0.25) is 0 Å². The summed E-state index contributed by atoms with van der Waals surface area (Å²) in [6.07, 6.45) is 0. The van der Waals surface area contributed by atoms with Crippen molar-refractivity contribution in [2.24, 2.45) is 0 Å². The summed E-state index contributed by atoms with van der Waals surface area (Å²) in [5, 5.41) is 12.7. The van der Waals surface area contributed by atoms with Crippen LogP contribution in [0, 0.1) is 0 Å². The van der Waals surface area contributed by atoms with Crippen LogP contribution in [0.1, 0.15) is 5.56 Å². The van der Waals surface area contributed by atoms with E-state index < -0.39 is 0 Å². The average molecular weight is 278 g/mol. The summed E-state index contributed by atoms with van der Waals surface area (Å²) in [5.74, 6) is 0.277. The Balaban J connectivity index is 2.02. The van der Waals surface area contributed by atoms with Gasteiger partial charge in [-0.15, -0.1) is 0 Å². The minimum absolute atomic E-state index is 0.277. The fourth-order valence-electron chi connectivity index (χ4n) is 1.42. The van der Waals surface area contributed by atoms with Crippen molar-refractivity contribution in [3.8, 4) is 5.75 Å². The first-order valence-corrected chi connectivity index (χ1v) is 5.81. The molecule has 2 rings (SSSR count). The van der Waals surface area contributed by atoms with E-state index in [-0.39, 0.29) is 5.75 Å². The number of anilines is 1. The molecule has 2 aromatic rings. The standard InChI is InChI=1S/C13H12BrNO/c14-11-7-5-10(6-8-11)9-15-12-3-1-2-4-13(12)16/h1-8,15-16H,9H2. The number of nitrogens with one attached hydrogen (secondary N) is 1. The zero-order chi connectivity index (χ0) is 11.4. The maximum atomic E-state index is 9.56. The zero-order valence-electron chi connectivity index (χ0n) is 8.65. The Morgan fingerprint density at radius 3 is 2.38 bits per heavy atom. The van der Waals surface area contributed by atoms with Gasteiger partial charge < -0.3 is 10.4 Å². The summed E-state index contributed by atoms with van der Waals surface area (Å²) >= 11 is 3.39. The smallest absolute Gasteiger partial charge is 0.138 e. The Morgan fingerprint density at radius 2 is 1.69 bits per heavy atom. The Morgan fingerprint density at radius 1 is 1.00 bits per heavy atom. The van der Waals surface area contributed by atoms with Crippen molar-refractivity contribution in [2.45, 2.75) is 6.54 Å². The number of benzene rings is 2. The number of hydrogen-bond donors (Lipinski definition) is 2. The van der Waals surface area contributed by atoms with Crippen LogP contribution in [0.15, 0.2) is 53.0 Å². The minimum Gasteiger partial charge on any atom is -0.506 e. The molecule has 0 amide bonds. The Hall–Kier alpha value is -1.48. The van der Waals surface area contributed by atoms with Crippen LogP contribution in [-0.2, 0) is 6.54 Å². The first kappa shape index (κ1) is 11.0. The van der Waals surface area contributed by atoms with Crippen molar-refractivity contribution in [3.05, 3.63) is 58.6 Å². The van der Waals surface area contributed by atoms with Crippen LogP contribution in [0.25, 0.3) is 0 Å². The molecule has 0 aliphatic rings. The molecule has 0 heterocycles. The van der Waals surface area contributed by atoms with Gasteiger partial charge in [-0.1, -0.05) is 40.2 Å². The van der Waals surface area contributed by atoms with Gasteiger partial charge in [0.15, 0.2) is 0 Å². The van der Waals surface area contributed by atoms with Crippen LogP contribution in [0.2, 0.25) is 0 Å². The molecule has 2 nitrogen and oxygen atoms in total. The molecule has 2 N–H and O–H groups in total. The van der Waals surface area contributed by atoms with E-state index in [0.29, 0.717) is 6.54 Å². The summed E-state index contributed by atoms with van der Waals surface area (Å²) in [5.41, 5.74) is 1.93. The molecule has 2 aromatic carbocycles. The molecule has 0 saturated carbocycles. The van der Waals surface area contributed by atoms with E-state index in [2.05, 4.69) is 21.2 Å². The summed E-state index contributed by atoms with van der Waals surface area (Å²) in [7, 11) is 0. The third-order valence-corrected chi connectivity index (χ3v) is 2.83. The van der Waals surface area contributed by atoms with E-state index in [4.69, 9.17) is 0 Å². The van der Waals surface area contributed by atoms with E-state index in [1.54, 1.807) is 12.1 Å². The Kier molecular flexibility index (Phi) is 3.47. The van der Waals surface area contributed by atoms with Crippen molar-refractivity contribution < 1.29 is 5.11 Å². The van der Waals surface area contributed by atoms with Crippen LogP contribution in [-0.4, -0.2) is 5.11 Å².